The summed E-state index contributed by atoms with van der Waals surface area (Å²) in [5, 5.41) is 2.71. The number of aromatic nitrogens is 2. The number of hydrogen-bond acceptors (Lipinski definition) is 5. The topological polar surface area (TPSA) is 90.1 Å². The normalized spacial score (nSPS) is 12.9. The van der Waals surface area contributed by atoms with Crippen molar-refractivity contribution in [2.24, 2.45) is 5.73 Å². The van der Waals surface area contributed by atoms with Gasteiger partial charge in [-0.1, -0.05) is 0 Å². The Labute approximate surface area is 107 Å². The second-order valence-corrected chi connectivity index (χ2v) is 4.95. The van der Waals surface area contributed by atoms with Crippen molar-refractivity contribution < 1.29 is 9.53 Å². The lowest BCUT2D eigenvalue weighted by molar-refractivity contribution is 0.0505. The van der Waals surface area contributed by atoms with Gasteiger partial charge in [-0.25, -0.2) is 14.8 Å². The molecule has 0 saturated carbocycles. The highest BCUT2D eigenvalue weighted by Gasteiger charge is 2.19. The Hall–Kier alpha value is -1.69. The van der Waals surface area contributed by atoms with Crippen molar-refractivity contribution in [3.05, 3.63) is 24.3 Å². The van der Waals surface area contributed by atoms with Gasteiger partial charge in [0.1, 0.15) is 11.4 Å². The van der Waals surface area contributed by atoms with Crippen LogP contribution in [0.15, 0.2) is 18.5 Å². The van der Waals surface area contributed by atoms with Gasteiger partial charge in [0.15, 0.2) is 0 Å². The molecule has 0 aliphatic carbocycles. The number of nitrogens with zero attached hydrogens (tertiary/aromatic N) is 2. The quantitative estimate of drug-likeness (QED) is 0.830. The fourth-order valence-electron chi connectivity index (χ4n) is 1.32. The summed E-state index contributed by atoms with van der Waals surface area (Å²) < 4.78 is 5.16. The van der Waals surface area contributed by atoms with E-state index in [1.54, 1.807) is 18.5 Å². The molecule has 3 N–H and O–H groups in total. The van der Waals surface area contributed by atoms with Gasteiger partial charge in [0.2, 0.25) is 0 Å². The maximum atomic E-state index is 11.6. The molecule has 6 heteroatoms. The molecule has 0 fully saturated rings. The van der Waals surface area contributed by atoms with Crippen molar-refractivity contribution in [2.75, 3.05) is 6.54 Å². The van der Waals surface area contributed by atoms with E-state index >= 15 is 0 Å². The molecule has 0 aromatic carbocycles. The van der Waals surface area contributed by atoms with Crippen molar-refractivity contribution in [1.29, 1.82) is 0 Å². The van der Waals surface area contributed by atoms with Crippen molar-refractivity contribution in [1.82, 2.24) is 15.3 Å². The molecule has 1 aromatic heterocycles. The minimum Gasteiger partial charge on any atom is -0.444 e. The molecule has 1 amide bonds. The lowest BCUT2D eigenvalue weighted by atomic mass is 10.2. The van der Waals surface area contributed by atoms with Gasteiger partial charge in [-0.2, -0.15) is 0 Å². The molecule has 100 valence electrons. The molecule has 18 heavy (non-hydrogen) atoms. The van der Waals surface area contributed by atoms with Crippen LogP contribution in [0.4, 0.5) is 4.79 Å². The molecule has 1 heterocycles. The highest BCUT2D eigenvalue weighted by atomic mass is 16.6. The third-order valence-corrected chi connectivity index (χ3v) is 2.05. The third kappa shape index (κ3) is 5.58. The van der Waals surface area contributed by atoms with Gasteiger partial charge in [0, 0.05) is 25.4 Å². The fraction of sp³-hybridized carbons (Fsp3) is 0.583. The average Bonchev–Trinajstić information content (AvgIpc) is 2.27. The zero-order valence-electron chi connectivity index (χ0n) is 11.0. The summed E-state index contributed by atoms with van der Waals surface area (Å²) in [6, 6.07) is 1.50. The standard InChI is InChI=1S/C12H20N4O2/c1-12(2,3)18-11(17)16-9(8-13)7-10-14-5-4-6-15-10/h4-6,9H,7-8,13H2,1-3H3,(H,16,17). The first-order valence-corrected chi connectivity index (χ1v) is 5.86. The van der Waals surface area contributed by atoms with Gasteiger partial charge in [0.25, 0.3) is 0 Å². The van der Waals surface area contributed by atoms with E-state index < -0.39 is 11.7 Å². The molecule has 1 rings (SSSR count). The van der Waals surface area contributed by atoms with Crippen molar-refractivity contribution in [3.63, 3.8) is 0 Å². The van der Waals surface area contributed by atoms with E-state index in [1.807, 2.05) is 20.8 Å². The molecule has 6 nitrogen and oxygen atoms in total. The van der Waals surface area contributed by atoms with Crippen LogP contribution in [-0.2, 0) is 11.2 Å². The third-order valence-electron chi connectivity index (χ3n) is 2.05. The maximum Gasteiger partial charge on any atom is 0.407 e. The molecule has 0 spiro atoms. The molecule has 0 radical (unpaired) electrons. The van der Waals surface area contributed by atoms with Gasteiger partial charge in [-0.15, -0.1) is 0 Å². The molecular formula is C12H20N4O2. The number of nitrogens with one attached hydrogen (secondary N) is 1. The Morgan fingerprint density at radius 3 is 2.56 bits per heavy atom. The van der Waals surface area contributed by atoms with Crippen LogP contribution < -0.4 is 11.1 Å². The number of hydrogen-bond donors (Lipinski definition) is 2. The summed E-state index contributed by atoms with van der Waals surface area (Å²) in [5.41, 5.74) is 5.09. The minimum atomic E-state index is -0.521. The number of ether oxygens (including phenoxy) is 1. The van der Waals surface area contributed by atoms with Crippen LogP contribution in [0.1, 0.15) is 26.6 Å². The van der Waals surface area contributed by atoms with Crippen molar-refractivity contribution in [3.8, 4) is 0 Å². The largest absolute Gasteiger partial charge is 0.444 e. The van der Waals surface area contributed by atoms with Crippen LogP contribution in [0, 0.1) is 0 Å². The summed E-state index contributed by atoms with van der Waals surface area (Å²) in [7, 11) is 0. The van der Waals surface area contributed by atoms with E-state index in [0.29, 0.717) is 18.8 Å². The van der Waals surface area contributed by atoms with Crippen LogP contribution in [0.5, 0.6) is 0 Å². The lowest BCUT2D eigenvalue weighted by Crippen LogP contribution is -2.44. The van der Waals surface area contributed by atoms with Gasteiger partial charge < -0.3 is 15.8 Å². The van der Waals surface area contributed by atoms with Gasteiger partial charge in [-0.3, -0.25) is 0 Å². The molecule has 1 unspecified atom stereocenters. The number of carbonyl (C=O) groups excluding carboxylic acids is 1. The van der Waals surface area contributed by atoms with Crippen LogP contribution in [0.25, 0.3) is 0 Å². The zero-order valence-corrected chi connectivity index (χ0v) is 11.0. The van der Waals surface area contributed by atoms with Crippen molar-refractivity contribution >= 4 is 6.09 Å². The van der Waals surface area contributed by atoms with Crippen LogP contribution in [0.2, 0.25) is 0 Å². The summed E-state index contributed by atoms with van der Waals surface area (Å²) in [4.78, 5) is 19.8. The van der Waals surface area contributed by atoms with Gasteiger partial charge >= 0.3 is 6.09 Å². The Kier molecular flexibility index (Phi) is 5.03. The molecule has 0 saturated heterocycles. The fourth-order valence-corrected chi connectivity index (χ4v) is 1.32. The predicted molar refractivity (Wildman–Crippen MR) is 67.9 cm³/mol. The number of nitrogens with two attached hydrogens (primary N) is 1. The molecule has 0 bridgehead atoms. The number of alkyl carbamates (subject to hydrolysis) is 1. The Balaban J connectivity index is 2.50. The van der Waals surface area contributed by atoms with E-state index in [1.165, 1.54) is 0 Å². The SMILES string of the molecule is CC(C)(C)OC(=O)NC(CN)Cc1ncccn1. The van der Waals surface area contributed by atoms with Crippen LogP contribution in [-0.4, -0.2) is 34.2 Å². The highest BCUT2D eigenvalue weighted by molar-refractivity contribution is 5.68. The van der Waals surface area contributed by atoms with E-state index in [2.05, 4.69) is 15.3 Å². The summed E-state index contributed by atoms with van der Waals surface area (Å²) in [6.07, 6.45) is 3.32. The molecular weight excluding hydrogens is 232 g/mol. The average molecular weight is 252 g/mol. The Morgan fingerprint density at radius 2 is 2.06 bits per heavy atom. The molecule has 1 atom stereocenters. The lowest BCUT2D eigenvalue weighted by Gasteiger charge is -2.22. The summed E-state index contributed by atoms with van der Waals surface area (Å²) >= 11 is 0. The Morgan fingerprint density at radius 1 is 1.44 bits per heavy atom. The van der Waals surface area contributed by atoms with Gasteiger partial charge in [-0.05, 0) is 26.8 Å². The predicted octanol–water partition coefficient (Wildman–Crippen LogP) is 0.871. The second kappa shape index (κ2) is 6.30. The number of rotatable bonds is 4. The summed E-state index contributed by atoms with van der Waals surface area (Å²) in [5.74, 6) is 0.643. The van der Waals surface area contributed by atoms with Crippen LogP contribution >= 0.6 is 0 Å². The van der Waals surface area contributed by atoms with Crippen molar-refractivity contribution in [2.45, 2.75) is 38.8 Å². The highest BCUT2D eigenvalue weighted by Crippen LogP contribution is 2.07. The van der Waals surface area contributed by atoms with E-state index in [0.717, 1.165) is 0 Å². The minimum absolute atomic E-state index is 0.234. The monoisotopic (exact) mass is 252 g/mol. The molecule has 0 aliphatic heterocycles. The smallest absolute Gasteiger partial charge is 0.407 e. The summed E-state index contributed by atoms with van der Waals surface area (Å²) in [6.45, 7) is 5.73. The van der Waals surface area contributed by atoms with Crippen LogP contribution in [0.3, 0.4) is 0 Å². The second-order valence-electron chi connectivity index (χ2n) is 4.95. The van der Waals surface area contributed by atoms with Gasteiger partial charge in [0.05, 0.1) is 6.04 Å². The molecule has 1 aromatic rings. The first-order chi connectivity index (χ1) is 8.40. The van der Waals surface area contributed by atoms with E-state index in [9.17, 15) is 4.79 Å². The van der Waals surface area contributed by atoms with E-state index in [-0.39, 0.29) is 6.04 Å². The Bertz CT molecular complexity index is 375. The number of amides is 1. The van der Waals surface area contributed by atoms with E-state index in [4.69, 9.17) is 10.5 Å². The molecule has 0 aliphatic rings. The first kappa shape index (κ1) is 14.4. The number of carbonyl (C=O) groups is 1. The maximum absolute atomic E-state index is 11.6. The zero-order chi connectivity index (χ0) is 13.6. The first-order valence-electron chi connectivity index (χ1n) is 5.86.